The Morgan fingerprint density at radius 2 is 2.43 bits per heavy atom. The van der Waals surface area contributed by atoms with E-state index in [4.69, 9.17) is 5.11 Å². The van der Waals surface area contributed by atoms with Gasteiger partial charge in [0.2, 0.25) is 0 Å². The molecule has 0 amide bonds. The third-order valence-corrected chi connectivity index (χ3v) is 0.384. The molecular weight excluding hydrogens is 103 g/mol. The van der Waals surface area contributed by atoms with Gasteiger partial charge in [-0.1, -0.05) is 6.58 Å². The monoisotopic (exact) mass is 110 g/mol. The van der Waals surface area contributed by atoms with E-state index < -0.39 is 6.61 Å². The SMILES string of the molecule is C=CC(=O)CO.[H-].[Na+]. The maximum Gasteiger partial charge on any atom is 1.00 e. The largest absolute Gasteiger partial charge is 1.00 e. The molecule has 0 radical (unpaired) electrons. The zero-order valence-electron chi connectivity index (χ0n) is 5.35. The Labute approximate surface area is 66.0 Å². The topological polar surface area (TPSA) is 37.3 Å². The van der Waals surface area contributed by atoms with Crippen LogP contribution in [-0.2, 0) is 4.79 Å². The van der Waals surface area contributed by atoms with Crippen LogP contribution in [-0.4, -0.2) is 17.5 Å². The van der Waals surface area contributed by atoms with Crippen molar-refractivity contribution >= 4 is 5.78 Å². The molecule has 7 heavy (non-hydrogen) atoms. The number of ketones is 1. The number of carbonyl (C=O) groups excluding carboxylic acids is 1. The van der Waals surface area contributed by atoms with Crippen LogP contribution in [0.15, 0.2) is 12.7 Å². The van der Waals surface area contributed by atoms with Gasteiger partial charge >= 0.3 is 29.6 Å². The minimum absolute atomic E-state index is 0. The molecule has 0 aliphatic heterocycles. The molecule has 36 valence electrons. The average Bonchev–Trinajstić information content (AvgIpc) is 1.65. The normalized spacial score (nSPS) is 6.43. The van der Waals surface area contributed by atoms with Gasteiger partial charge in [-0.05, 0) is 6.08 Å². The molecular formula is C4H7NaO2. The van der Waals surface area contributed by atoms with Crippen LogP contribution in [0.5, 0.6) is 0 Å². The van der Waals surface area contributed by atoms with Gasteiger partial charge in [-0.15, -0.1) is 0 Å². The van der Waals surface area contributed by atoms with E-state index in [0.717, 1.165) is 6.08 Å². The van der Waals surface area contributed by atoms with Crippen LogP contribution in [0.1, 0.15) is 1.43 Å². The molecule has 0 aromatic carbocycles. The second-order valence-electron chi connectivity index (χ2n) is 0.829. The fraction of sp³-hybridized carbons (Fsp3) is 0.250. The zero-order chi connectivity index (χ0) is 4.99. The zero-order valence-corrected chi connectivity index (χ0v) is 6.35. The molecule has 0 fully saturated rings. The van der Waals surface area contributed by atoms with E-state index in [9.17, 15) is 4.79 Å². The summed E-state index contributed by atoms with van der Waals surface area (Å²) in [5.74, 6) is -0.338. The summed E-state index contributed by atoms with van der Waals surface area (Å²) in [5.41, 5.74) is 0. The summed E-state index contributed by atoms with van der Waals surface area (Å²) < 4.78 is 0. The summed E-state index contributed by atoms with van der Waals surface area (Å²) in [5, 5.41) is 7.91. The standard InChI is InChI=1S/C4H6O2.Na.H/c1-2-4(6)3-5;;/h2,5H,1,3H2;;/q;+1;-1. The van der Waals surface area contributed by atoms with Gasteiger partial charge in [0.15, 0.2) is 5.78 Å². The third-order valence-electron chi connectivity index (χ3n) is 0.384. The van der Waals surface area contributed by atoms with Crippen LogP contribution < -0.4 is 29.6 Å². The van der Waals surface area contributed by atoms with Crippen molar-refractivity contribution in [3.05, 3.63) is 12.7 Å². The van der Waals surface area contributed by atoms with Gasteiger partial charge in [-0.2, -0.15) is 0 Å². The van der Waals surface area contributed by atoms with Crippen LogP contribution in [0.25, 0.3) is 0 Å². The number of aliphatic hydroxyl groups excluding tert-OH is 1. The first kappa shape index (κ1) is 10.4. The van der Waals surface area contributed by atoms with Gasteiger partial charge < -0.3 is 6.53 Å². The molecule has 0 heterocycles. The van der Waals surface area contributed by atoms with E-state index in [-0.39, 0.29) is 36.8 Å². The number of rotatable bonds is 2. The Bertz CT molecular complexity index is 74.4. The summed E-state index contributed by atoms with van der Waals surface area (Å²) in [4.78, 5) is 9.81. The minimum atomic E-state index is -0.427. The average molecular weight is 110 g/mol. The summed E-state index contributed by atoms with van der Waals surface area (Å²) in [7, 11) is 0. The Kier molecular flexibility index (Phi) is 9.44. The van der Waals surface area contributed by atoms with Crippen LogP contribution in [0.3, 0.4) is 0 Å². The Balaban J connectivity index is -0.000000125. The van der Waals surface area contributed by atoms with Crippen LogP contribution in [0, 0.1) is 0 Å². The second-order valence-corrected chi connectivity index (χ2v) is 0.829. The molecule has 0 spiro atoms. The van der Waals surface area contributed by atoms with E-state index in [0.29, 0.717) is 0 Å². The van der Waals surface area contributed by atoms with Gasteiger partial charge in [0.05, 0.1) is 0 Å². The van der Waals surface area contributed by atoms with E-state index in [1.165, 1.54) is 0 Å². The van der Waals surface area contributed by atoms with Crippen LogP contribution >= 0.6 is 0 Å². The van der Waals surface area contributed by atoms with Gasteiger partial charge in [0.25, 0.3) is 0 Å². The summed E-state index contributed by atoms with van der Waals surface area (Å²) >= 11 is 0. The van der Waals surface area contributed by atoms with Crippen molar-refractivity contribution in [3.63, 3.8) is 0 Å². The molecule has 0 aromatic rings. The summed E-state index contributed by atoms with van der Waals surface area (Å²) in [6, 6.07) is 0. The van der Waals surface area contributed by atoms with Crippen molar-refractivity contribution in [1.82, 2.24) is 0 Å². The molecule has 1 N–H and O–H groups in total. The maximum atomic E-state index is 9.81. The Hall–Kier alpha value is 0.370. The molecule has 0 saturated heterocycles. The number of hydrogen-bond donors (Lipinski definition) is 1. The minimum Gasteiger partial charge on any atom is -1.00 e. The molecule has 0 bridgehead atoms. The van der Waals surface area contributed by atoms with Crippen molar-refractivity contribution in [2.45, 2.75) is 0 Å². The fourth-order valence-electron chi connectivity index (χ4n) is 0.0645. The van der Waals surface area contributed by atoms with Crippen molar-refractivity contribution < 1.29 is 40.9 Å². The summed E-state index contributed by atoms with van der Waals surface area (Å²) in [6.45, 7) is 2.69. The Morgan fingerprint density at radius 3 is 2.43 bits per heavy atom. The van der Waals surface area contributed by atoms with Crippen molar-refractivity contribution in [1.29, 1.82) is 0 Å². The number of hydrogen-bond acceptors (Lipinski definition) is 2. The number of carbonyl (C=O) groups is 1. The van der Waals surface area contributed by atoms with E-state index in [1.54, 1.807) is 0 Å². The molecule has 0 aliphatic rings. The maximum absolute atomic E-state index is 9.81. The predicted molar refractivity (Wildman–Crippen MR) is 23.4 cm³/mol. The molecule has 0 aliphatic carbocycles. The van der Waals surface area contributed by atoms with Crippen LogP contribution in [0.4, 0.5) is 0 Å². The van der Waals surface area contributed by atoms with Gasteiger partial charge in [-0.3, -0.25) is 4.79 Å². The van der Waals surface area contributed by atoms with E-state index in [1.807, 2.05) is 0 Å². The summed E-state index contributed by atoms with van der Waals surface area (Å²) in [6.07, 6.45) is 1.08. The third kappa shape index (κ3) is 6.37. The van der Waals surface area contributed by atoms with Crippen molar-refractivity contribution in [2.75, 3.05) is 6.61 Å². The predicted octanol–water partition coefficient (Wildman–Crippen LogP) is -3.15. The molecule has 3 heteroatoms. The van der Waals surface area contributed by atoms with E-state index in [2.05, 4.69) is 6.58 Å². The van der Waals surface area contributed by atoms with Gasteiger partial charge in [-0.25, -0.2) is 0 Å². The van der Waals surface area contributed by atoms with Gasteiger partial charge in [0, 0.05) is 0 Å². The first-order valence-corrected chi connectivity index (χ1v) is 1.57. The first-order chi connectivity index (χ1) is 2.81. The van der Waals surface area contributed by atoms with E-state index >= 15 is 0 Å². The second kappa shape index (κ2) is 6.37. The number of aliphatic hydroxyl groups is 1. The fourth-order valence-corrected chi connectivity index (χ4v) is 0.0645. The quantitative estimate of drug-likeness (QED) is 0.301. The van der Waals surface area contributed by atoms with Crippen LogP contribution in [0.2, 0.25) is 0 Å². The molecule has 2 nitrogen and oxygen atoms in total. The molecule has 0 atom stereocenters. The first-order valence-electron chi connectivity index (χ1n) is 1.57. The molecule has 0 saturated carbocycles. The molecule has 0 aromatic heterocycles. The Morgan fingerprint density at radius 1 is 2.00 bits per heavy atom. The van der Waals surface area contributed by atoms with Gasteiger partial charge in [0.1, 0.15) is 6.61 Å². The smallest absolute Gasteiger partial charge is 1.00 e. The van der Waals surface area contributed by atoms with Crippen molar-refractivity contribution in [3.8, 4) is 0 Å². The molecule has 0 unspecified atom stereocenters. The molecule has 0 rings (SSSR count). The van der Waals surface area contributed by atoms with Crippen molar-refractivity contribution in [2.24, 2.45) is 0 Å².